The van der Waals surface area contributed by atoms with Crippen molar-refractivity contribution in [2.75, 3.05) is 25.1 Å². The fourth-order valence-corrected chi connectivity index (χ4v) is 2.96. The molecule has 1 aliphatic heterocycles. The van der Waals surface area contributed by atoms with Crippen molar-refractivity contribution < 1.29 is 4.79 Å². The van der Waals surface area contributed by atoms with Gasteiger partial charge < -0.3 is 16.1 Å². The number of pyridine rings is 1. The average Bonchev–Trinajstić information content (AvgIpc) is 2.85. The monoisotopic (exact) mass is 262 g/mol. The lowest BCUT2D eigenvalue weighted by molar-refractivity contribution is 0.0999. The predicted molar refractivity (Wildman–Crippen MR) is 71.5 cm³/mol. The number of carbonyl (C=O) groups is 1. The number of hydrogen-bond acceptors (Lipinski definition) is 4. The van der Waals surface area contributed by atoms with Gasteiger partial charge in [-0.15, -0.1) is 0 Å². The Hall–Kier alpha value is -1.82. The van der Waals surface area contributed by atoms with E-state index in [9.17, 15) is 9.59 Å². The molecule has 0 aromatic carbocycles. The second-order valence-electron chi connectivity index (χ2n) is 5.33. The number of piperidine rings is 1. The van der Waals surface area contributed by atoms with Crippen LogP contribution >= 0.6 is 0 Å². The predicted octanol–water partition coefficient (Wildman–Crippen LogP) is -0.559. The van der Waals surface area contributed by atoms with Gasteiger partial charge in [0.15, 0.2) is 0 Å². The minimum Gasteiger partial charge on any atom is -0.366 e. The highest BCUT2D eigenvalue weighted by Crippen LogP contribution is 2.45. The summed E-state index contributed by atoms with van der Waals surface area (Å²) in [7, 11) is 0. The molecule has 1 amide bonds. The van der Waals surface area contributed by atoms with Crippen molar-refractivity contribution in [3.8, 4) is 0 Å². The summed E-state index contributed by atoms with van der Waals surface area (Å²) in [6.07, 6.45) is 1.48. The minimum absolute atomic E-state index is 0.165. The van der Waals surface area contributed by atoms with Crippen LogP contribution in [0.3, 0.4) is 0 Å². The summed E-state index contributed by atoms with van der Waals surface area (Å²) in [4.78, 5) is 25.3. The Bertz CT molecular complexity index is 556. The third kappa shape index (κ3) is 2.12. The van der Waals surface area contributed by atoms with Crippen molar-refractivity contribution in [3.05, 3.63) is 34.2 Å². The lowest BCUT2D eigenvalue weighted by atomic mass is 10.3. The zero-order chi connectivity index (χ0) is 13.6. The van der Waals surface area contributed by atoms with E-state index >= 15 is 0 Å². The molecule has 2 unspecified atom stereocenters. The second kappa shape index (κ2) is 4.38. The van der Waals surface area contributed by atoms with Gasteiger partial charge in [-0.25, -0.2) is 4.68 Å². The number of aromatic nitrogens is 1. The van der Waals surface area contributed by atoms with Crippen molar-refractivity contribution >= 4 is 5.91 Å². The Morgan fingerprint density at radius 3 is 2.68 bits per heavy atom. The second-order valence-corrected chi connectivity index (χ2v) is 5.33. The Morgan fingerprint density at radius 1 is 1.42 bits per heavy atom. The van der Waals surface area contributed by atoms with Crippen LogP contribution in [0.2, 0.25) is 0 Å². The van der Waals surface area contributed by atoms with Crippen LogP contribution in [0.1, 0.15) is 17.3 Å². The standard InChI is InChI=1S/C13H18N4O2/c1-2-16-6-9-10(7-16)12(9)15-17-5-8(13(14)19)3-4-11(17)18/h3-5,9-10,12,15H,2,6-7H2,1H3,(H2,14,19). The SMILES string of the molecule is CCN1CC2C(C1)C2Nn1cc(C(N)=O)ccc1=O. The van der Waals surface area contributed by atoms with Crippen LogP contribution in [0.5, 0.6) is 0 Å². The average molecular weight is 262 g/mol. The van der Waals surface area contributed by atoms with Crippen LogP contribution in [0.25, 0.3) is 0 Å². The molecule has 2 atom stereocenters. The van der Waals surface area contributed by atoms with Gasteiger partial charge in [-0.2, -0.15) is 0 Å². The Morgan fingerprint density at radius 2 is 2.11 bits per heavy atom. The lowest BCUT2D eigenvalue weighted by Gasteiger charge is -2.18. The number of hydrogen-bond donors (Lipinski definition) is 2. The van der Waals surface area contributed by atoms with Gasteiger partial charge in [0.2, 0.25) is 5.91 Å². The number of rotatable bonds is 4. The zero-order valence-corrected chi connectivity index (χ0v) is 10.9. The highest BCUT2D eigenvalue weighted by molar-refractivity contribution is 5.92. The smallest absolute Gasteiger partial charge is 0.268 e. The third-order valence-corrected chi connectivity index (χ3v) is 4.20. The largest absolute Gasteiger partial charge is 0.366 e. The molecule has 0 spiro atoms. The molecule has 3 N–H and O–H groups in total. The van der Waals surface area contributed by atoms with Crippen molar-refractivity contribution in [1.82, 2.24) is 9.58 Å². The summed E-state index contributed by atoms with van der Waals surface area (Å²) in [5, 5.41) is 0. The first-order chi connectivity index (χ1) is 9.10. The van der Waals surface area contributed by atoms with E-state index in [1.54, 1.807) is 0 Å². The molecule has 0 bridgehead atoms. The molecule has 1 aliphatic carbocycles. The zero-order valence-electron chi connectivity index (χ0n) is 10.9. The van der Waals surface area contributed by atoms with E-state index in [1.165, 1.54) is 23.0 Å². The van der Waals surface area contributed by atoms with Crippen LogP contribution in [0.15, 0.2) is 23.1 Å². The van der Waals surface area contributed by atoms with Crippen LogP contribution in [-0.4, -0.2) is 41.2 Å². The molecule has 2 heterocycles. The summed E-state index contributed by atoms with van der Waals surface area (Å²) in [5.41, 5.74) is 8.59. The molecule has 2 fully saturated rings. The van der Waals surface area contributed by atoms with Gasteiger partial charge in [-0.3, -0.25) is 9.59 Å². The Balaban J connectivity index is 1.71. The van der Waals surface area contributed by atoms with Gasteiger partial charge in [-0.1, -0.05) is 6.92 Å². The molecule has 102 valence electrons. The van der Waals surface area contributed by atoms with Crippen LogP contribution in [-0.2, 0) is 0 Å². The molecule has 6 heteroatoms. The minimum atomic E-state index is -0.524. The first kappa shape index (κ1) is 12.2. The van der Waals surface area contributed by atoms with Gasteiger partial charge in [-0.05, 0) is 24.4 Å². The van der Waals surface area contributed by atoms with E-state index in [0.717, 1.165) is 19.6 Å². The number of nitrogens with two attached hydrogens (primary N) is 1. The summed E-state index contributed by atoms with van der Waals surface area (Å²) in [5.74, 6) is 0.705. The van der Waals surface area contributed by atoms with Crippen molar-refractivity contribution in [1.29, 1.82) is 0 Å². The van der Waals surface area contributed by atoms with Crippen LogP contribution in [0.4, 0.5) is 0 Å². The lowest BCUT2D eigenvalue weighted by Crippen LogP contribution is -2.35. The number of carbonyl (C=O) groups excluding carboxylic acids is 1. The molecule has 6 nitrogen and oxygen atoms in total. The molecular weight excluding hydrogens is 244 g/mol. The molecule has 19 heavy (non-hydrogen) atoms. The van der Waals surface area contributed by atoms with E-state index in [0.29, 0.717) is 23.4 Å². The van der Waals surface area contributed by atoms with Gasteiger partial charge >= 0.3 is 0 Å². The van der Waals surface area contributed by atoms with Gasteiger partial charge in [0, 0.05) is 25.4 Å². The van der Waals surface area contributed by atoms with Gasteiger partial charge in [0.25, 0.3) is 5.56 Å². The van der Waals surface area contributed by atoms with Crippen LogP contribution < -0.4 is 16.7 Å². The third-order valence-electron chi connectivity index (χ3n) is 4.20. The first-order valence-corrected chi connectivity index (χ1v) is 6.61. The maximum atomic E-state index is 11.7. The van der Waals surface area contributed by atoms with E-state index in [1.807, 2.05) is 0 Å². The molecule has 2 aliphatic rings. The van der Waals surface area contributed by atoms with E-state index in [4.69, 9.17) is 5.73 Å². The summed E-state index contributed by atoms with van der Waals surface area (Å²) >= 11 is 0. The summed E-state index contributed by atoms with van der Waals surface area (Å²) in [6.45, 7) is 5.41. The van der Waals surface area contributed by atoms with Crippen molar-refractivity contribution in [2.45, 2.75) is 13.0 Å². The number of nitrogens with one attached hydrogen (secondary N) is 1. The highest BCUT2D eigenvalue weighted by atomic mass is 16.1. The molecular formula is C13H18N4O2. The number of likely N-dealkylation sites (tertiary alicyclic amines) is 1. The topological polar surface area (TPSA) is 80.4 Å². The quantitative estimate of drug-likeness (QED) is 0.762. The highest BCUT2D eigenvalue weighted by Gasteiger charge is 2.55. The Labute approximate surface area is 111 Å². The molecule has 0 radical (unpaired) electrons. The molecule has 1 saturated carbocycles. The first-order valence-electron chi connectivity index (χ1n) is 6.61. The normalized spacial score (nSPS) is 29.0. The van der Waals surface area contributed by atoms with Crippen molar-refractivity contribution in [3.63, 3.8) is 0 Å². The van der Waals surface area contributed by atoms with Gasteiger partial charge in [0.1, 0.15) is 0 Å². The van der Waals surface area contributed by atoms with Crippen LogP contribution in [0, 0.1) is 11.8 Å². The fraction of sp³-hybridized carbons (Fsp3) is 0.538. The molecule has 1 aromatic rings. The maximum Gasteiger partial charge on any atom is 0.268 e. The number of primary amides is 1. The maximum absolute atomic E-state index is 11.7. The number of nitrogens with zero attached hydrogens (tertiary/aromatic N) is 2. The van der Waals surface area contributed by atoms with E-state index < -0.39 is 5.91 Å². The Kier molecular flexibility index (Phi) is 2.82. The van der Waals surface area contributed by atoms with Crippen molar-refractivity contribution in [2.24, 2.45) is 17.6 Å². The molecule has 1 saturated heterocycles. The van der Waals surface area contributed by atoms with E-state index in [-0.39, 0.29) is 5.56 Å². The van der Waals surface area contributed by atoms with E-state index in [2.05, 4.69) is 17.2 Å². The number of amides is 1. The molecule has 3 rings (SSSR count). The van der Waals surface area contributed by atoms with Gasteiger partial charge in [0.05, 0.1) is 11.6 Å². The molecule has 1 aromatic heterocycles. The number of fused-ring (bicyclic) bond motifs is 1. The fourth-order valence-electron chi connectivity index (χ4n) is 2.96. The summed E-state index contributed by atoms with van der Waals surface area (Å²) < 4.78 is 1.39. The summed E-state index contributed by atoms with van der Waals surface area (Å²) in [6, 6.07) is 3.16.